The highest BCUT2D eigenvalue weighted by molar-refractivity contribution is 7.99. The van der Waals surface area contributed by atoms with Gasteiger partial charge in [-0.15, -0.1) is 0 Å². The van der Waals surface area contributed by atoms with Gasteiger partial charge in [0.25, 0.3) is 0 Å². The second kappa shape index (κ2) is 7.98. The average molecular weight is 486 g/mol. The van der Waals surface area contributed by atoms with Crippen molar-refractivity contribution in [3.8, 4) is 0 Å². The van der Waals surface area contributed by atoms with Crippen LogP contribution in [0.5, 0.6) is 0 Å². The van der Waals surface area contributed by atoms with Crippen molar-refractivity contribution in [2.45, 2.75) is 41.0 Å². The minimum absolute atomic E-state index is 0.0640. The Labute approximate surface area is 185 Å². The minimum atomic E-state index is -4.15. The summed E-state index contributed by atoms with van der Waals surface area (Å²) in [5.74, 6) is 0.190. The summed E-state index contributed by atoms with van der Waals surface area (Å²) in [6.07, 6.45) is -2.05. The number of fused-ring (bicyclic) bond motifs is 2. The van der Waals surface area contributed by atoms with Crippen LogP contribution in [-0.4, -0.2) is 54.4 Å². The Bertz CT molecular complexity index is 1180. The van der Waals surface area contributed by atoms with Gasteiger partial charge >= 0.3 is 7.82 Å². The maximum absolute atomic E-state index is 11.7. The molecule has 0 radical (unpaired) electrons. The molecule has 0 bridgehead atoms. The fourth-order valence-corrected chi connectivity index (χ4v) is 5.53. The van der Waals surface area contributed by atoms with Gasteiger partial charge in [-0.25, -0.2) is 19.5 Å². The van der Waals surface area contributed by atoms with E-state index in [9.17, 15) is 14.6 Å². The minimum Gasteiger partial charge on any atom is -0.388 e. The number of hydrogen-bond donors (Lipinski definition) is 3. The normalized spacial score (nSPS) is 30.9. The third-order valence-corrected chi connectivity index (χ3v) is 7.20. The van der Waals surface area contributed by atoms with Crippen molar-refractivity contribution < 1.29 is 28.3 Å². The molecule has 5 atom stereocenters. The summed E-state index contributed by atoms with van der Waals surface area (Å²) in [5, 5.41) is 11.9. The number of benzene rings is 1. The summed E-state index contributed by atoms with van der Waals surface area (Å²) in [6.45, 7) is -0.148. The van der Waals surface area contributed by atoms with E-state index in [2.05, 4.69) is 15.0 Å². The predicted molar refractivity (Wildman–Crippen MR) is 110 cm³/mol. The number of aliphatic hydroxyl groups is 1. The van der Waals surface area contributed by atoms with Crippen LogP contribution in [-0.2, 0) is 18.3 Å². The molecule has 0 aliphatic carbocycles. The van der Waals surface area contributed by atoms with Crippen LogP contribution >= 0.6 is 31.2 Å². The Balaban J connectivity index is 1.54. The van der Waals surface area contributed by atoms with Crippen molar-refractivity contribution in [3.05, 3.63) is 35.6 Å². The van der Waals surface area contributed by atoms with Gasteiger partial charge in [0.2, 0.25) is 0 Å². The Kier molecular flexibility index (Phi) is 5.43. The number of rotatable bonds is 3. The van der Waals surface area contributed by atoms with E-state index in [0.717, 1.165) is 4.90 Å². The number of aliphatic hydroxyl groups excluding tert-OH is 1. The first-order valence-electron chi connectivity index (χ1n) is 9.22. The number of phosphoric acid groups is 1. The molecule has 4 heterocycles. The van der Waals surface area contributed by atoms with Crippen molar-refractivity contribution in [3.63, 3.8) is 0 Å². The fourth-order valence-electron chi connectivity index (χ4n) is 3.54. The molecule has 4 N–H and O–H groups in total. The zero-order chi connectivity index (χ0) is 21.8. The molecule has 0 spiro atoms. The lowest BCUT2D eigenvalue weighted by Gasteiger charge is -2.42. The number of phosphoric ester groups is 1. The van der Waals surface area contributed by atoms with Crippen LogP contribution in [0.1, 0.15) is 12.6 Å². The molecular formula is C17H17ClN5O6PS. The number of aromatic nitrogens is 4. The highest BCUT2D eigenvalue weighted by Crippen LogP contribution is 2.51. The molecule has 11 nitrogen and oxygen atoms in total. The lowest BCUT2D eigenvalue weighted by atomic mass is 10.0. The highest BCUT2D eigenvalue weighted by atomic mass is 35.5. The van der Waals surface area contributed by atoms with E-state index in [1.807, 2.05) is 12.1 Å². The molecule has 2 fully saturated rings. The SMILES string of the molecule is Nc1ncnc2c1nc(Sc1ccc(Cl)cc1)n2[C@@H]1O[C@@H]2COP(=O)(O)O[C@@H]2C[C@H]1O. The van der Waals surface area contributed by atoms with Crippen molar-refractivity contribution in [1.29, 1.82) is 0 Å². The van der Waals surface area contributed by atoms with E-state index < -0.39 is 32.4 Å². The standard InChI is InChI=1S/C17H17ClN5O6PS/c18-8-1-3-9(4-2-8)31-17-22-13-14(19)20-7-21-15(13)23(17)16-10(24)5-11-12(28-16)6-27-30(25,26)29-11/h1-4,7,10-12,16,24H,5-6H2,(H,25,26)(H2,19,20,21)/t10-,11-,12-,16-/m1/s1. The fraction of sp³-hybridized carbons (Fsp3) is 0.353. The first kappa shape index (κ1) is 21.1. The van der Waals surface area contributed by atoms with Crippen molar-refractivity contribution >= 4 is 48.2 Å². The first-order valence-corrected chi connectivity index (χ1v) is 11.9. The van der Waals surface area contributed by atoms with Crippen LogP contribution in [0, 0.1) is 0 Å². The van der Waals surface area contributed by atoms with E-state index in [-0.39, 0.29) is 18.8 Å². The lowest BCUT2D eigenvalue weighted by Crippen LogP contribution is -2.49. The molecule has 164 valence electrons. The van der Waals surface area contributed by atoms with Gasteiger partial charge in [0.1, 0.15) is 24.6 Å². The molecule has 0 amide bonds. The average Bonchev–Trinajstić information content (AvgIpc) is 3.08. The number of ether oxygens (including phenoxy) is 1. The summed E-state index contributed by atoms with van der Waals surface area (Å²) >= 11 is 7.29. The summed E-state index contributed by atoms with van der Waals surface area (Å²) < 4.78 is 29.3. The number of hydrogen-bond acceptors (Lipinski definition) is 10. The third-order valence-electron chi connectivity index (χ3n) is 4.95. The quantitative estimate of drug-likeness (QED) is 0.468. The zero-order valence-corrected chi connectivity index (χ0v) is 18.2. The number of nitrogens with zero attached hydrogens (tertiary/aromatic N) is 4. The second-order valence-electron chi connectivity index (χ2n) is 7.03. The number of halogens is 1. The van der Waals surface area contributed by atoms with Crippen LogP contribution < -0.4 is 5.73 Å². The Morgan fingerprint density at radius 2 is 2.03 bits per heavy atom. The summed E-state index contributed by atoms with van der Waals surface area (Å²) in [4.78, 5) is 23.3. The molecule has 31 heavy (non-hydrogen) atoms. The molecule has 1 unspecified atom stereocenters. The number of anilines is 1. The molecule has 14 heteroatoms. The largest absolute Gasteiger partial charge is 0.472 e. The topological polar surface area (TPSA) is 155 Å². The van der Waals surface area contributed by atoms with E-state index in [4.69, 9.17) is 31.1 Å². The molecule has 3 aromatic rings. The molecule has 0 saturated carbocycles. The van der Waals surface area contributed by atoms with Crippen LogP contribution in [0.25, 0.3) is 11.2 Å². The smallest absolute Gasteiger partial charge is 0.388 e. The monoisotopic (exact) mass is 485 g/mol. The summed E-state index contributed by atoms with van der Waals surface area (Å²) in [7, 11) is -4.15. The third kappa shape index (κ3) is 4.06. The number of nitrogen functional groups attached to an aromatic ring is 1. The van der Waals surface area contributed by atoms with Crippen molar-refractivity contribution in [1.82, 2.24) is 19.5 Å². The summed E-state index contributed by atoms with van der Waals surface area (Å²) in [5.41, 5.74) is 6.75. The molecule has 2 saturated heterocycles. The van der Waals surface area contributed by atoms with E-state index >= 15 is 0 Å². The zero-order valence-electron chi connectivity index (χ0n) is 15.7. The maximum Gasteiger partial charge on any atom is 0.472 e. The van der Waals surface area contributed by atoms with Gasteiger partial charge in [-0.3, -0.25) is 13.6 Å². The summed E-state index contributed by atoms with van der Waals surface area (Å²) in [6, 6.07) is 7.18. The van der Waals surface area contributed by atoms with Crippen molar-refractivity contribution in [2.75, 3.05) is 12.3 Å². The van der Waals surface area contributed by atoms with Crippen LogP contribution in [0.15, 0.2) is 40.6 Å². The molecule has 5 rings (SSSR count). The molecular weight excluding hydrogens is 469 g/mol. The van der Waals surface area contributed by atoms with Crippen molar-refractivity contribution in [2.24, 2.45) is 0 Å². The van der Waals surface area contributed by atoms with Gasteiger partial charge in [-0.2, -0.15) is 0 Å². The first-order chi connectivity index (χ1) is 14.8. The van der Waals surface area contributed by atoms with Gasteiger partial charge in [-0.05, 0) is 24.3 Å². The van der Waals surface area contributed by atoms with Gasteiger partial charge < -0.3 is 20.5 Å². The van der Waals surface area contributed by atoms with Gasteiger partial charge in [-0.1, -0.05) is 23.4 Å². The van der Waals surface area contributed by atoms with Crippen LogP contribution in [0.2, 0.25) is 5.02 Å². The lowest BCUT2D eigenvalue weighted by molar-refractivity contribution is -0.216. The Morgan fingerprint density at radius 1 is 1.26 bits per heavy atom. The Morgan fingerprint density at radius 3 is 2.81 bits per heavy atom. The Hall–Kier alpha value is -1.76. The molecule has 2 aliphatic heterocycles. The molecule has 2 aromatic heterocycles. The van der Waals surface area contributed by atoms with Gasteiger partial charge in [0, 0.05) is 16.3 Å². The van der Waals surface area contributed by atoms with Gasteiger partial charge in [0.15, 0.2) is 28.4 Å². The number of imidazole rings is 1. The molecule has 1 aromatic carbocycles. The predicted octanol–water partition coefficient (Wildman–Crippen LogP) is 2.38. The van der Waals surface area contributed by atoms with Crippen LogP contribution in [0.3, 0.4) is 0 Å². The maximum atomic E-state index is 11.7. The van der Waals surface area contributed by atoms with E-state index in [1.54, 1.807) is 16.7 Å². The second-order valence-corrected chi connectivity index (χ2v) is 9.91. The van der Waals surface area contributed by atoms with Crippen LogP contribution in [0.4, 0.5) is 5.82 Å². The molecule has 2 aliphatic rings. The van der Waals surface area contributed by atoms with E-state index in [0.29, 0.717) is 21.3 Å². The highest BCUT2D eigenvalue weighted by Gasteiger charge is 2.47. The van der Waals surface area contributed by atoms with E-state index in [1.165, 1.54) is 18.1 Å². The number of nitrogens with two attached hydrogens (primary N) is 1. The van der Waals surface area contributed by atoms with Gasteiger partial charge in [0.05, 0.1) is 6.61 Å².